The van der Waals surface area contributed by atoms with E-state index in [1.807, 2.05) is 6.20 Å². The number of rotatable bonds is 0. The third-order valence-corrected chi connectivity index (χ3v) is 1.66. The molecule has 0 spiro atoms. The first-order valence-corrected chi connectivity index (χ1v) is 3.75. The molecule has 0 bridgehead atoms. The van der Waals surface area contributed by atoms with Crippen LogP contribution in [0.15, 0.2) is 18.7 Å². The van der Waals surface area contributed by atoms with Gasteiger partial charge in [-0.15, -0.1) is 0 Å². The summed E-state index contributed by atoms with van der Waals surface area (Å²) >= 11 is 2.17. The molecule has 2 rings (SSSR count). The smallest absolute Gasteiger partial charge is 0.218 e. The minimum Gasteiger partial charge on any atom is -0.218 e. The van der Waals surface area contributed by atoms with Gasteiger partial charge in [0.2, 0.25) is 0 Å². The average molecular weight is 246 g/mol. The molecule has 0 fully saturated rings. The van der Waals surface area contributed by atoms with Crippen molar-refractivity contribution in [1.29, 1.82) is 0 Å². The first-order valence-electron chi connectivity index (χ1n) is 2.67. The summed E-state index contributed by atoms with van der Waals surface area (Å²) in [5, 5.41) is 3.92. The zero-order valence-electron chi connectivity index (χ0n) is 4.90. The maximum atomic E-state index is 4.02. The van der Waals surface area contributed by atoms with E-state index in [2.05, 4.69) is 37.7 Å². The quantitative estimate of drug-likeness (QED) is 0.643. The third-order valence-electron chi connectivity index (χ3n) is 1.10. The van der Waals surface area contributed by atoms with Crippen LogP contribution in [-0.4, -0.2) is 19.6 Å². The van der Waals surface area contributed by atoms with Gasteiger partial charge in [0.15, 0.2) is 0 Å². The lowest BCUT2D eigenvalue weighted by molar-refractivity contribution is 0.932. The van der Waals surface area contributed by atoms with Crippen LogP contribution in [-0.2, 0) is 0 Å². The van der Waals surface area contributed by atoms with Crippen LogP contribution in [0.4, 0.5) is 0 Å². The van der Waals surface area contributed by atoms with E-state index >= 15 is 0 Å². The molecule has 0 aromatic carbocycles. The molecular formula is C5H3IN4. The zero-order valence-corrected chi connectivity index (χ0v) is 7.06. The molecule has 0 N–H and O–H groups in total. The topological polar surface area (TPSA) is 43.1 Å². The first kappa shape index (κ1) is 6.02. The van der Waals surface area contributed by atoms with Gasteiger partial charge in [0, 0.05) is 16.0 Å². The van der Waals surface area contributed by atoms with E-state index < -0.39 is 0 Å². The van der Waals surface area contributed by atoms with Gasteiger partial charge in [-0.1, -0.05) is 0 Å². The number of hydrogen-bond acceptors (Lipinski definition) is 3. The summed E-state index contributed by atoms with van der Waals surface area (Å²) < 4.78 is 2.69. The Hall–Kier alpha value is -0.720. The van der Waals surface area contributed by atoms with Crippen LogP contribution in [0.3, 0.4) is 0 Å². The summed E-state index contributed by atoms with van der Waals surface area (Å²) in [7, 11) is 0. The Labute approximate surface area is 70.4 Å². The standard InChI is InChI=1S/C5H3IN4/c6-4-1-7-5-8-3-9-10(5)2-4/h1-3H. The number of halogens is 1. The molecule has 0 atom stereocenters. The summed E-state index contributed by atoms with van der Waals surface area (Å²) in [4.78, 5) is 7.92. The molecule has 0 saturated heterocycles. The fraction of sp³-hybridized carbons (Fsp3) is 0. The molecule has 0 aliphatic heterocycles. The maximum absolute atomic E-state index is 4.02. The van der Waals surface area contributed by atoms with Gasteiger partial charge in [0.05, 0.1) is 0 Å². The first-order chi connectivity index (χ1) is 4.86. The molecule has 2 aromatic heterocycles. The number of hydrogen-bond donors (Lipinski definition) is 0. The van der Waals surface area contributed by atoms with Crippen molar-refractivity contribution >= 4 is 28.4 Å². The fourth-order valence-electron chi connectivity index (χ4n) is 0.697. The van der Waals surface area contributed by atoms with Crippen LogP contribution < -0.4 is 0 Å². The highest BCUT2D eigenvalue weighted by atomic mass is 127. The van der Waals surface area contributed by atoms with Crippen molar-refractivity contribution in [3.05, 3.63) is 22.3 Å². The lowest BCUT2D eigenvalue weighted by Gasteiger charge is -1.88. The normalized spacial score (nSPS) is 10.5. The van der Waals surface area contributed by atoms with Crippen LogP contribution in [0.25, 0.3) is 5.78 Å². The van der Waals surface area contributed by atoms with E-state index in [0.29, 0.717) is 5.78 Å². The summed E-state index contributed by atoms with van der Waals surface area (Å²) in [5.74, 6) is 0.639. The van der Waals surface area contributed by atoms with Gasteiger partial charge in [-0.05, 0) is 22.6 Å². The van der Waals surface area contributed by atoms with Crippen LogP contribution in [0.5, 0.6) is 0 Å². The number of fused-ring (bicyclic) bond motifs is 1. The summed E-state index contributed by atoms with van der Waals surface area (Å²) in [5.41, 5.74) is 0. The molecule has 2 aromatic rings. The second-order valence-corrected chi connectivity index (χ2v) is 3.02. The predicted octanol–water partition coefficient (Wildman–Crippen LogP) is 0.729. The molecule has 50 valence electrons. The Balaban J connectivity index is 2.86. The Bertz CT molecular complexity index is 355. The van der Waals surface area contributed by atoms with Crippen molar-refractivity contribution in [2.75, 3.05) is 0 Å². The van der Waals surface area contributed by atoms with E-state index in [1.165, 1.54) is 6.33 Å². The van der Waals surface area contributed by atoms with Crippen molar-refractivity contribution in [3.8, 4) is 0 Å². The fourth-order valence-corrected chi connectivity index (χ4v) is 1.10. The predicted molar refractivity (Wildman–Crippen MR) is 43.5 cm³/mol. The second kappa shape index (κ2) is 2.15. The third kappa shape index (κ3) is 0.859. The van der Waals surface area contributed by atoms with Gasteiger partial charge in [-0.2, -0.15) is 10.1 Å². The zero-order chi connectivity index (χ0) is 6.97. The lowest BCUT2D eigenvalue weighted by Crippen LogP contribution is -1.90. The van der Waals surface area contributed by atoms with Gasteiger partial charge < -0.3 is 0 Å². The van der Waals surface area contributed by atoms with E-state index in [9.17, 15) is 0 Å². The SMILES string of the molecule is Ic1cnc2ncnn2c1. The van der Waals surface area contributed by atoms with E-state index in [0.717, 1.165) is 3.57 Å². The molecule has 5 heteroatoms. The van der Waals surface area contributed by atoms with Crippen molar-refractivity contribution < 1.29 is 0 Å². The van der Waals surface area contributed by atoms with Gasteiger partial charge in [0.1, 0.15) is 6.33 Å². The van der Waals surface area contributed by atoms with Crippen LogP contribution in [0, 0.1) is 3.57 Å². The Kier molecular flexibility index (Phi) is 1.30. The highest BCUT2D eigenvalue weighted by Gasteiger charge is 1.93. The lowest BCUT2D eigenvalue weighted by atomic mass is 10.7. The van der Waals surface area contributed by atoms with Crippen LogP contribution in [0.2, 0.25) is 0 Å². The van der Waals surface area contributed by atoms with Crippen molar-refractivity contribution in [1.82, 2.24) is 19.6 Å². The molecule has 0 saturated carbocycles. The molecule has 2 heterocycles. The van der Waals surface area contributed by atoms with Crippen molar-refractivity contribution in [2.45, 2.75) is 0 Å². The highest BCUT2D eigenvalue weighted by molar-refractivity contribution is 14.1. The molecule has 0 aliphatic rings. The van der Waals surface area contributed by atoms with Crippen molar-refractivity contribution in [3.63, 3.8) is 0 Å². The number of nitrogens with zero attached hydrogens (tertiary/aromatic N) is 4. The van der Waals surface area contributed by atoms with E-state index in [4.69, 9.17) is 0 Å². The number of aromatic nitrogens is 4. The molecule has 0 radical (unpaired) electrons. The average Bonchev–Trinajstić information content (AvgIpc) is 2.33. The second-order valence-electron chi connectivity index (χ2n) is 1.78. The van der Waals surface area contributed by atoms with Crippen LogP contribution in [0.1, 0.15) is 0 Å². The Morgan fingerprint density at radius 3 is 3.20 bits per heavy atom. The molecular weight excluding hydrogens is 243 g/mol. The Morgan fingerprint density at radius 1 is 1.40 bits per heavy atom. The molecule has 0 amide bonds. The molecule has 4 nitrogen and oxygen atoms in total. The largest absolute Gasteiger partial charge is 0.252 e. The van der Waals surface area contributed by atoms with E-state index in [1.54, 1.807) is 10.7 Å². The van der Waals surface area contributed by atoms with E-state index in [-0.39, 0.29) is 0 Å². The summed E-state index contributed by atoms with van der Waals surface area (Å²) in [6.07, 6.45) is 5.11. The van der Waals surface area contributed by atoms with Gasteiger partial charge in [-0.3, -0.25) is 0 Å². The summed E-state index contributed by atoms with van der Waals surface area (Å²) in [6.45, 7) is 0. The molecule has 0 unspecified atom stereocenters. The minimum absolute atomic E-state index is 0.639. The Morgan fingerprint density at radius 2 is 2.30 bits per heavy atom. The highest BCUT2D eigenvalue weighted by Crippen LogP contribution is 2.01. The van der Waals surface area contributed by atoms with Gasteiger partial charge in [0.25, 0.3) is 5.78 Å². The minimum atomic E-state index is 0.639. The van der Waals surface area contributed by atoms with Gasteiger partial charge >= 0.3 is 0 Å². The summed E-state index contributed by atoms with van der Waals surface area (Å²) in [6, 6.07) is 0. The maximum Gasteiger partial charge on any atom is 0.252 e. The van der Waals surface area contributed by atoms with Crippen molar-refractivity contribution in [2.24, 2.45) is 0 Å². The monoisotopic (exact) mass is 246 g/mol. The molecule has 10 heavy (non-hydrogen) atoms. The molecule has 0 aliphatic carbocycles. The van der Waals surface area contributed by atoms with Gasteiger partial charge in [-0.25, -0.2) is 9.50 Å². The van der Waals surface area contributed by atoms with Crippen LogP contribution >= 0.6 is 22.6 Å².